The molecule has 0 radical (unpaired) electrons. The normalized spacial score (nSPS) is 17.1. The van der Waals surface area contributed by atoms with Crippen LogP contribution < -0.4 is 5.32 Å². The van der Waals surface area contributed by atoms with Crippen molar-refractivity contribution in [3.8, 4) is 11.1 Å². The Labute approximate surface area is 176 Å². The average molecular weight is 409 g/mol. The Bertz CT molecular complexity index is 945. The Morgan fingerprint density at radius 1 is 1.00 bits per heavy atom. The van der Waals surface area contributed by atoms with Gasteiger partial charge in [-0.1, -0.05) is 41.9 Å². The van der Waals surface area contributed by atoms with E-state index in [1.807, 2.05) is 53.4 Å². The summed E-state index contributed by atoms with van der Waals surface area (Å²) in [6, 6.07) is 15.5. The van der Waals surface area contributed by atoms with Crippen LogP contribution >= 0.6 is 11.6 Å². The molecule has 0 aromatic heterocycles. The zero-order valence-electron chi connectivity index (χ0n) is 16.4. The topological polar surface area (TPSA) is 49.4 Å². The maximum Gasteiger partial charge on any atom is 0.249 e. The van der Waals surface area contributed by atoms with Crippen LogP contribution in [0.25, 0.3) is 11.1 Å². The number of hydrogen-bond donors (Lipinski definition) is 1. The van der Waals surface area contributed by atoms with Crippen LogP contribution in [0.3, 0.4) is 0 Å². The summed E-state index contributed by atoms with van der Waals surface area (Å²) in [4.78, 5) is 27.2. The fraction of sp³-hybridized carbons (Fsp3) is 0.333. The fourth-order valence-corrected chi connectivity index (χ4v) is 4.29. The minimum atomic E-state index is -0.0635. The van der Waals surface area contributed by atoms with Gasteiger partial charge in [-0.25, -0.2) is 0 Å². The molecular weight excluding hydrogens is 384 g/mol. The molecule has 1 aliphatic carbocycles. The molecule has 4 nitrogen and oxygen atoms in total. The summed E-state index contributed by atoms with van der Waals surface area (Å²) in [6.45, 7) is 1.30. The molecule has 0 spiro atoms. The predicted molar refractivity (Wildman–Crippen MR) is 117 cm³/mol. The maximum atomic E-state index is 12.8. The van der Waals surface area contributed by atoms with Gasteiger partial charge in [-0.05, 0) is 67.5 Å². The SMILES string of the molecule is O=C(Nc1cccc(-c2cccc(Cl)c2)c1)C1CCN(C(=O)C2=CCCC2)CC1. The Morgan fingerprint density at radius 3 is 2.41 bits per heavy atom. The molecular formula is C24H25ClN2O2. The second kappa shape index (κ2) is 8.83. The van der Waals surface area contributed by atoms with Gasteiger partial charge in [-0.2, -0.15) is 0 Å². The first kappa shape index (κ1) is 19.7. The standard InChI is InChI=1S/C24H25ClN2O2/c25-21-9-3-7-19(15-21)20-8-4-10-22(16-20)26-23(28)17-11-13-27(14-12-17)24(29)18-5-1-2-6-18/h3-5,7-10,15-17H,1-2,6,11-14H2,(H,26,28). The van der Waals surface area contributed by atoms with Crippen LogP contribution in [0.5, 0.6) is 0 Å². The van der Waals surface area contributed by atoms with Crippen molar-refractivity contribution in [2.45, 2.75) is 32.1 Å². The van der Waals surface area contributed by atoms with Gasteiger partial charge < -0.3 is 10.2 Å². The van der Waals surface area contributed by atoms with Crippen LogP contribution in [0, 0.1) is 5.92 Å². The van der Waals surface area contributed by atoms with E-state index in [9.17, 15) is 9.59 Å². The number of carbonyl (C=O) groups excluding carboxylic acids is 2. The molecule has 1 fully saturated rings. The number of rotatable bonds is 4. The lowest BCUT2D eigenvalue weighted by Gasteiger charge is -2.31. The van der Waals surface area contributed by atoms with Gasteiger partial charge in [0.05, 0.1) is 0 Å². The lowest BCUT2D eigenvalue weighted by molar-refractivity contribution is -0.131. The molecule has 1 heterocycles. The van der Waals surface area contributed by atoms with Crippen molar-refractivity contribution < 1.29 is 9.59 Å². The molecule has 1 aliphatic heterocycles. The van der Waals surface area contributed by atoms with Gasteiger partial charge in [-0.3, -0.25) is 9.59 Å². The van der Waals surface area contributed by atoms with Gasteiger partial charge in [0.15, 0.2) is 0 Å². The van der Waals surface area contributed by atoms with Gasteiger partial charge in [0.2, 0.25) is 11.8 Å². The van der Waals surface area contributed by atoms with Crippen molar-refractivity contribution in [3.05, 3.63) is 65.2 Å². The van der Waals surface area contributed by atoms with Crippen molar-refractivity contribution >= 4 is 29.1 Å². The Morgan fingerprint density at radius 2 is 1.72 bits per heavy atom. The number of hydrogen-bond acceptors (Lipinski definition) is 2. The number of likely N-dealkylation sites (tertiary alicyclic amines) is 1. The lowest BCUT2D eigenvalue weighted by atomic mass is 9.95. The summed E-state index contributed by atoms with van der Waals surface area (Å²) in [7, 11) is 0. The van der Waals surface area contributed by atoms with E-state index in [4.69, 9.17) is 11.6 Å². The van der Waals surface area contributed by atoms with Gasteiger partial charge in [0.25, 0.3) is 0 Å². The summed E-state index contributed by atoms with van der Waals surface area (Å²) in [5.74, 6) is 0.127. The van der Waals surface area contributed by atoms with Crippen molar-refractivity contribution in [1.29, 1.82) is 0 Å². The highest BCUT2D eigenvalue weighted by atomic mass is 35.5. The van der Waals surface area contributed by atoms with Crippen molar-refractivity contribution in [3.63, 3.8) is 0 Å². The van der Waals surface area contributed by atoms with Crippen LogP contribution in [0.2, 0.25) is 5.02 Å². The minimum Gasteiger partial charge on any atom is -0.339 e. The summed E-state index contributed by atoms with van der Waals surface area (Å²) in [5, 5.41) is 3.74. The number of piperidine rings is 1. The van der Waals surface area contributed by atoms with E-state index < -0.39 is 0 Å². The Balaban J connectivity index is 1.35. The molecule has 1 N–H and O–H groups in total. The molecule has 150 valence electrons. The van der Waals surface area contributed by atoms with Crippen LogP contribution in [-0.4, -0.2) is 29.8 Å². The number of anilines is 1. The third-order valence-electron chi connectivity index (χ3n) is 5.76. The second-order valence-corrected chi connectivity index (χ2v) is 8.20. The third-order valence-corrected chi connectivity index (χ3v) is 5.99. The van der Waals surface area contributed by atoms with Crippen LogP contribution in [0.1, 0.15) is 32.1 Å². The molecule has 2 aromatic rings. The first-order chi connectivity index (χ1) is 14.1. The maximum absolute atomic E-state index is 12.8. The quantitative estimate of drug-likeness (QED) is 0.746. The monoisotopic (exact) mass is 408 g/mol. The highest BCUT2D eigenvalue weighted by Crippen LogP contribution is 2.27. The number of carbonyl (C=O) groups is 2. The predicted octanol–water partition coefficient (Wildman–Crippen LogP) is 5.29. The van der Waals surface area contributed by atoms with E-state index in [0.29, 0.717) is 31.0 Å². The summed E-state index contributed by atoms with van der Waals surface area (Å²) < 4.78 is 0. The van der Waals surface area contributed by atoms with E-state index in [1.54, 1.807) is 0 Å². The number of halogens is 1. The van der Waals surface area contributed by atoms with Gasteiger partial charge in [-0.15, -0.1) is 0 Å². The minimum absolute atomic E-state index is 0.0282. The molecule has 0 bridgehead atoms. The van der Waals surface area contributed by atoms with Gasteiger partial charge in [0.1, 0.15) is 0 Å². The number of allylic oxidation sites excluding steroid dienone is 1. The Kier molecular flexibility index (Phi) is 6.00. The average Bonchev–Trinajstić information content (AvgIpc) is 3.28. The Hall–Kier alpha value is -2.59. The van der Waals surface area contributed by atoms with Gasteiger partial charge in [0, 0.05) is 35.3 Å². The first-order valence-corrected chi connectivity index (χ1v) is 10.6. The molecule has 2 aromatic carbocycles. The molecule has 0 saturated carbocycles. The van der Waals surface area contributed by atoms with Crippen molar-refractivity contribution in [2.75, 3.05) is 18.4 Å². The summed E-state index contributed by atoms with van der Waals surface area (Å²) in [5.41, 5.74) is 3.75. The molecule has 2 amide bonds. The molecule has 1 saturated heterocycles. The van der Waals surface area contributed by atoms with Crippen molar-refractivity contribution in [1.82, 2.24) is 4.90 Å². The zero-order valence-corrected chi connectivity index (χ0v) is 17.1. The number of nitrogens with zero attached hydrogens (tertiary/aromatic N) is 1. The molecule has 0 unspecified atom stereocenters. The van der Waals surface area contributed by atoms with Crippen LogP contribution in [-0.2, 0) is 9.59 Å². The smallest absolute Gasteiger partial charge is 0.249 e. The van der Waals surface area contributed by atoms with Crippen molar-refractivity contribution in [2.24, 2.45) is 5.92 Å². The number of nitrogens with one attached hydrogen (secondary N) is 1. The third kappa shape index (κ3) is 4.70. The highest BCUT2D eigenvalue weighted by Gasteiger charge is 2.29. The zero-order chi connectivity index (χ0) is 20.2. The first-order valence-electron chi connectivity index (χ1n) is 10.3. The number of benzene rings is 2. The van der Waals surface area contributed by atoms with Crippen LogP contribution in [0.4, 0.5) is 5.69 Å². The van der Waals surface area contributed by atoms with Gasteiger partial charge >= 0.3 is 0 Å². The number of amides is 2. The van der Waals surface area contributed by atoms with E-state index in [0.717, 1.165) is 41.6 Å². The van der Waals surface area contributed by atoms with E-state index >= 15 is 0 Å². The molecule has 5 heteroatoms. The van der Waals surface area contributed by atoms with E-state index in [-0.39, 0.29) is 17.7 Å². The second-order valence-electron chi connectivity index (χ2n) is 7.77. The largest absolute Gasteiger partial charge is 0.339 e. The van der Waals surface area contributed by atoms with Crippen LogP contribution in [0.15, 0.2) is 60.2 Å². The molecule has 29 heavy (non-hydrogen) atoms. The summed E-state index contributed by atoms with van der Waals surface area (Å²) in [6.07, 6.45) is 6.45. The molecule has 0 atom stereocenters. The molecule has 2 aliphatic rings. The van der Waals surface area contributed by atoms with E-state index in [2.05, 4.69) is 11.4 Å². The summed E-state index contributed by atoms with van der Waals surface area (Å²) >= 11 is 6.09. The highest BCUT2D eigenvalue weighted by molar-refractivity contribution is 6.30. The fourth-order valence-electron chi connectivity index (χ4n) is 4.10. The molecule has 4 rings (SSSR count). The lowest BCUT2D eigenvalue weighted by Crippen LogP contribution is -2.41. The van der Waals surface area contributed by atoms with E-state index in [1.165, 1.54) is 0 Å².